The van der Waals surface area contributed by atoms with E-state index in [0.29, 0.717) is 32.7 Å². The van der Waals surface area contributed by atoms with Crippen molar-refractivity contribution in [1.29, 1.82) is 0 Å². The van der Waals surface area contributed by atoms with E-state index < -0.39 is 0 Å². The second-order valence-electron chi connectivity index (χ2n) is 6.03. The van der Waals surface area contributed by atoms with Crippen LogP contribution in [0.1, 0.15) is 33.1 Å². The van der Waals surface area contributed by atoms with E-state index in [0.717, 1.165) is 32.4 Å². The molecule has 0 spiro atoms. The molecule has 0 saturated carbocycles. The molecule has 0 bridgehead atoms. The van der Waals surface area contributed by atoms with Crippen molar-refractivity contribution in [3.63, 3.8) is 0 Å². The average molecular weight is 296 g/mol. The molecule has 6 nitrogen and oxygen atoms in total. The third-order valence-corrected chi connectivity index (χ3v) is 4.78. The molecule has 3 amide bonds. The molecular formula is C15H28N4O2. The molecule has 21 heavy (non-hydrogen) atoms. The number of piperidine rings is 1. The van der Waals surface area contributed by atoms with E-state index in [2.05, 4.69) is 17.6 Å². The maximum Gasteiger partial charge on any atom is 0.317 e. The van der Waals surface area contributed by atoms with Gasteiger partial charge < -0.3 is 20.4 Å². The van der Waals surface area contributed by atoms with Crippen LogP contribution in [0, 0.1) is 5.41 Å². The standard InChI is InChI=1S/C15H28N4O2/c1-3-15(6-5-7-16-12-15)13(20)18-8-10-19(11-9-18)14(21)17-4-2/h16H,3-12H2,1-2H3,(H,17,21). The van der Waals surface area contributed by atoms with Gasteiger partial charge in [0.2, 0.25) is 5.91 Å². The topological polar surface area (TPSA) is 64.7 Å². The second-order valence-corrected chi connectivity index (χ2v) is 6.03. The molecule has 2 N–H and O–H groups in total. The zero-order valence-corrected chi connectivity index (χ0v) is 13.3. The number of hydrogen-bond acceptors (Lipinski definition) is 3. The molecule has 0 aromatic rings. The van der Waals surface area contributed by atoms with E-state index in [9.17, 15) is 9.59 Å². The van der Waals surface area contributed by atoms with Crippen LogP contribution in [0.4, 0.5) is 4.79 Å². The molecule has 2 rings (SSSR count). The van der Waals surface area contributed by atoms with Crippen LogP contribution < -0.4 is 10.6 Å². The Bertz CT molecular complexity index is 372. The Hall–Kier alpha value is -1.30. The van der Waals surface area contributed by atoms with Gasteiger partial charge in [-0.2, -0.15) is 0 Å². The van der Waals surface area contributed by atoms with Crippen molar-refractivity contribution < 1.29 is 9.59 Å². The van der Waals surface area contributed by atoms with Crippen molar-refractivity contribution in [3.05, 3.63) is 0 Å². The van der Waals surface area contributed by atoms with Crippen LogP contribution in [-0.4, -0.2) is 67.6 Å². The Labute approximate surface area is 127 Å². The lowest BCUT2D eigenvalue weighted by Crippen LogP contribution is -2.58. The van der Waals surface area contributed by atoms with Gasteiger partial charge in [-0.1, -0.05) is 6.92 Å². The van der Waals surface area contributed by atoms with Gasteiger partial charge in [0, 0.05) is 39.3 Å². The Morgan fingerprint density at radius 1 is 1.14 bits per heavy atom. The Morgan fingerprint density at radius 2 is 1.81 bits per heavy atom. The summed E-state index contributed by atoms with van der Waals surface area (Å²) in [4.78, 5) is 28.4. The lowest BCUT2D eigenvalue weighted by Gasteiger charge is -2.42. The highest BCUT2D eigenvalue weighted by molar-refractivity contribution is 5.83. The van der Waals surface area contributed by atoms with Gasteiger partial charge in [0.15, 0.2) is 0 Å². The van der Waals surface area contributed by atoms with Crippen molar-refractivity contribution in [2.75, 3.05) is 45.8 Å². The lowest BCUT2D eigenvalue weighted by molar-refractivity contribution is -0.145. The third kappa shape index (κ3) is 3.48. The molecule has 0 aromatic heterocycles. The zero-order valence-electron chi connectivity index (χ0n) is 13.3. The van der Waals surface area contributed by atoms with E-state index in [1.54, 1.807) is 4.90 Å². The third-order valence-electron chi connectivity index (χ3n) is 4.78. The second kappa shape index (κ2) is 7.11. The van der Waals surface area contributed by atoms with Gasteiger partial charge in [0.25, 0.3) is 0 Å². The average Bonchev–Trinajstić information content (AvgIpc) is 2.55. The predicted octanol–water partition coefficient (Wildman–Crippen LogP) is 0.640. The summed E-state index contributed by atoms with van der Waals surface area (Å²) in [7, 11) is 0. The minimum atomic E-state index is -0.230. The number of carbonyl (C=O) groups is 2. The lowest BCUT2D eigenvalue weighted by atomic mass is 9.77. The van der Waals surface area contributed by atoms with Gasteiger partial charge in [0.1, 0.15) is 0 Å². The monoisotopic (exact) mass is 296 g/mol. The van der Waals surface area contributed by atoms with E-state index in [-0.39, 0.29) is 17.4 Å². The molecule has 120 valence electrons. The van der Waals surface area contributed by atoms with Gasteiger partial charge >= 0.3 is 6.03 Å². The molecule has 2 fully saturated rings. The Kier molecular flexibility index (Phi) is 5.45. The number of hydrogen-bond donors (Lipinski definition) is 2. The summed E-state index contributed by atoms with van der Waals surface area (Å²) in [5, 5.41) is 6.18. The van der Waals surface area contributed by atoms with E-state index in [4.69, 9.17) is 0 Å². The van der Waals surface area contributed by atoms with Crippen molar-refractivity contribution >= 4 is 11.9 Å². The van der Waals surface area contributed by atoms with Crippen LogP contribution in [0.2, 0.25) is 0 Å². The smallest absolute Gasteiger partial charge is 0.317 e. The molecule has 2 aliphatic heterocycles. The Balaban J connectivity index is 1.91. The highest BCUT2D eigenvalue weighted by atomic mass is 16.2. The summed E-state index contributed by atoms with van der Waals surface area (Å²) >= 11 is 0. The van der Waals surface area contributed by atoms with Crippen molar-refractivity contribution in [2.24, 2.45) is 5.41 Å². The van der Waals surface area contributed by atoms with Crippen molar-refractivity contribution in [3.8, 4) is 0 Å². The molecule has 2 saturated heterocycles. The number of piperazine rings is 1. The summed E-state index contributed by atoms with van der Waals surface area (Å²) in [6.07, 6.45) is 2.93. The zero-order chi connectivity index (χ0) is 15.3. The van der Waals surface area contributed by atoms with E-state index in [1.807, 2.05) is 11.8 Å². The van der Waals surface area contributed by atoms with Gasteiger partial charge in [-0.3, -0.25) is 4.79 Å². The minimum absolute atomic E-state index is 0.0193. The van der Waals surface area contributed by atoms with Crippen LogP contribution in [0.15, 0.2) is 0 Å². The summed E-state index contributed by atoms with van der Waals surface area (Å²) in [6, 6.07) is -0.0193. The maximum atomic E-state index is 12.9. The number of urea groups is 1. The molecular weight excluding hydrogens is 268 g/mol. The first-order valence-corrected chi connectivity index (χ1v) is 8.16. The van der Waals surface area contributed by atoms with Crippen LogP contribution in [0.25, 0.3) is 0 Å². The predicted molar refractivity (Wildman–Crippen MR) is 82.1 cm³/mol. The van der Waals surface area contributed by atoms with Crippen LogP contribution in [0.3, 0.4) is 0 Å². The maximum absolute atomic E-state index is 12.9. The van der Waals surface area contributed by atoms with Crippen LogP contribution >= 0.6 is 0 Å². The van der Waals surface area contributed by atoms with Gasteiger partial charge in [0.05, 0.1) is 5.41 Å². The fourth-order valence-corrected chi connectivity index (χ4v) is 3.31. The van der Waals surface area contributed by atoms with E-state index in [1.165, 1.54) is 0 Å². The first-order chi connectivity index (χ1) is 10.1. The summed E-state index contributed by atoms with van der Waals surface area (Å²) in [5.74, 6) is 0.271. The SMILES string of the molecule is CCNC(=O)N1CCN(C(=O)C2(CC)CCCNC2)CC1. The number of nitrogens with one attached hydrogen (secondary N) is 2. The molecule has 6 heteroatoms. The van der Waals surface area contributed by atoms with Gasteiger partial charge in [-0.05, 0) is 32.7 Å². The summed E-state index contributed by atoms with van der Waals surface area (Å²) in [6.45, 7) is 9.03. The summed E-state index contributed by atoms with van der Waals surface area (Å²) < 4.78 is 0. The molecule has 2 aliphatic rings. The highest BCUT2D eigenvalue weighted by Crippen LogP contribution is 2.32. The van der Waals surface area contributed by atoms with E-state index >= 15 is 0 Å². The largest absolute Gasteiger partial charge is 0.339 e. The van der Waals surface area contributed by atoms with Crippen LogP contribution in [-0.2, 0) is 4.79 Å². The first-order valence-electron chi connectivity index (χ1n) is 8.16. The normalized spacial score (nSPS) is 26.6. The van der Waals surface area contributed by atoms with Gasteiger partial charge in [-0.25, -0.2) is 4.79 Å². The molecule has 1 unspecified atom stereocenters. The van der Waals surface area contributed by atoms with Gasteiger partial charge in [-0.15, -0.1) is 0 Å². The van der Waals surface area contributed by atoms with Crippen molar-refractivity contribution in [1.82, 2.24) is 20.4 Å². The van der Waals surface area contributed by atoms with Crippen LogP contribution in [0.5, 0.6) is 0 Å². The number of nitrogens with zero attached hydrogens (tertiary/aromatic N) is 2. The quantitative estimate of drug-likeness (QED) is 0.803. The number of rotatable bonds is 3. The highest BCUT2D eigenvalue weighted by Gasteiger charge is 2.41. The minimum Gasteiger partial charge on any atom is -0.339 e. The molecule has 2 heterocycles. The van der Waals surface area contributed by atoms with Crippen molar-refractivity contribution in [2.45, 2.75) is 33.1 Å². The summed E-state index contributed by atoms with van der Waals surface area (Å²) in [5.41, 5.74) is -0.230. The molecule has 0 radical (unpaired) electrons. The first kappa shape index (κ1) is 16.1. The number of amides is 3. The Morgan fingerprint density at radius 3 is 2.33 bits per heavy atom. The number of carbonyl (C=O) groups excluding carboxylic acids is 2. The molecule has 1 atom stereocenters. The molecule has 0 aromatic carbocycles. The fourth-order valence-electron chi connectivity index (χ4n) is 3.31. The molecule has 0 aliphatic carbocycles. The fraction of sp³-hybridized carbons (Fsp3) is 0.867.